The van der Waals surface area contributed by atoms with Gasteiger partial charge in [-0.25, -0.2) is 0 Å². The summed E-state index contributed by atoms with van der Waals surface area (Å²) in [7, 11) is 4.28. The van der Waals surface area contributed by atoms with E-state index in [4.69, 9.17) is 0 Å². The van der Waals surface area contributed by atoms with Crippen molar-refractivity contribution in [2.45, 2.75) is 27.2 Å². The van der Waals surface area contributed by atoms with Gasteiger partial charge in [0.25, 0.3) is 0 Å². The standard InChI is InChI=1S/C9H21N/c1-6-8(2)9(3)7-10(4)5/h8-9H,6-7H2,1-5H3/t8-,9+/m0/s1. The average Bonchev–Trinajstić information content (AvgIpc) is 1.85. The van der Waals surface area contributed by atoms with Crippen molar-refractivity contribution in [1.82, 2.24) is 4.90 Å². The molecule has 0 amide bonds. The molecule has 0 saturated carbocycles. The molecule has 0 saturated heterocycles. The highest BCUT2D eigenvalue weighted by Gasteiger charge is 2.09. The van der Waals surface area contributed by atoms with Crippen LogP contribution in [0, 0.1) is 11.8 Å². The quantitative estimate of drug-likeness (QED) is 0.583. The minimum atomic E-state index is 0.833. The van der Waals surface area contributed by atoms with Gasteiger partial charge in [-0.2, -0.15) is 0 Å². The Morgan fingerprint density at radius 2 is 1.60 bits per heavy atom. The van der Waals surface area contributed by atoms with Crippen molar-refractivity contribution >= 4 is 0 Å². The molecular weight excluding hydrogens is 122 g/mol. The minimum Gasteiger partial charge on any atom is -0.309 e. The fourth-order valence-corrected chi connectivity index (χ4v) is 1.16. The number of hydrogen-bond donors (Lipinski definition) is 0. The van der Waals surface area contributed by atoms with E-state index < -0.39 is 0 Å². The minimum absolute atomic E-state index is 0.833. The summed E-state index contributed by atoms with van der Waals surface area (Å²) in [6.45, 7) is 8.13. The summed E-state index contributed by atoms with van der Waals surface area (Å²) in [6, 6.07) is 0. The third kappa shape index (κ3) is 3.89. The van der Waals surface area contributed by atoms with Crippen LogP contribution in [0.4, 0.5) is 0 Å². The van der Waals surface area contributed by atoms with Crippen LogP contribution in [0.25, 0.3) is 0 Å². The summed E-state index contributed by atoms with van der Waals surface area (Å²) in [5, 5.41) is 0. The lowest BCUT2D eigenvalue weighted by Gasteiger charge is -2.21. The van der Waals surface area contributed by atoms with Gasteiger partial charge >= 0.3 is 0 Å². The van der Waals surface area contributed by atoms with E-state index in [0.717, 1.165) is 11.8 Å². The van der Waals surface area contributed by atoms with E-state index >= 15 is 0 Å². The SMILES string of the molecule is CC[C@H](C)[C@H](C)CN(C)C. The molecule has 62 valence electrons. The first kappa shape index (κ1) is 9.96. The molecule has 2 atom stereocenters. The van der Waals surface area contributed by atoms with Crippen LogP contribution in [0.5, 0.6) is 0 Å². The van der Waals surface area contributed by atoms with Gasteiger partial charge in [-0.1, -0.05) is 27.2 Å². The largest absolute Gasteiger partial charge is 0.309 e. The van der Waals surface area contributed by atoms with Gasteiger partial charge < -0.3 is 4.90 Å². The van der Waals surface area contributed by atoms with Gasteiger partial charge in [0.2, 0.25) is 0 Å². The van der Waals surface area contributed by atoms with Crippen molar-refractivity contribution in [3.05, 3.63) is 0 Å². The van der Waals surface area contributed by atoms with Crippen LogP contribution in [0.2, 0.25) is 0 Å². The van der Waals surface area contributed by atoms with Crippen molar-refractivity contribution in [2.24, 2.45) is 11.8 Å². The molecule has 0 aliphatic heterocycles. The second kappa shape index (κ2) is 4.73. The first-order chi connectivity index (χ1) is 4.57. The van der Waals surface area contributed by atoms with Crippen LogP contribution >= 0.6 is 0 Å². The summed E-state index contributed by atoms with van der Waals surface area (Å²) in [5.41, 5.74) is 0. The van der Waals surface area contributed by atoms with Crippen molar-refractivity contribution in [1.29, 1.82) is 0 Å². The third-order valence-corrected chi connectivity index (χ3v) is 2.27. The summed E-state index contributed by atoms with van der Waals surface area (Å²) in [4.78, 5) is 2.26. The lowest BCUT2D eigenvalue weighted by Crippen LogP contribution is -2.23. The van der Waals surface area contributed by atoms with Gasteiger partial charge in [0.05, 0.1) is 0 Å². The predicted octanol–water partition coefficient (Wildman–Crippen LogP) is 2.23. The molecule has 0 N–H and O–H groups in total. The zero-order valence-electron chi connectivity index (χ0n) is 8.02. The molecule has 0 heterocycles. The summed E-state index contributed by atoms with van der Waals surface area (Å²) < 4.78 is 0. The van der Waals surface area contributed by atoms with Crippen molar-refractivity contribution in [3.8, 4) is 0 Å². The second-order valence-corrected chi connectivity index (χ2v) is 3.63. The molecule has 1 nitrogen and oxygen atoms in total. The van der Waals surface area contributed by atoms with Gasteiger partial charge in [0.1, 0.15) is 0 Å². The topological polar surface area (TPSA) is 3.24 Å². The van der Waals surface area contributed by atoms with Crippen LogP contribution in [0.15, 0.2) is 0 Å². The van der Waals surface area contributed by atoms with E-state index in [9.17, 15) is 0 Å². The average molecular weight is 143 g/mol. The Hall–Kier alpha value is -0.0400. The lowest BCUT2D eigenvalue weighted by atomic mass is 9.93. The molecule has 0 rings (SSSR count). The summed E-state index contributed by atoms with van der Waals surface area (Å²) in [5.74, 6) is 1.70. The molecule has 0 spiro atoms. The molecule has 0 aromatic carbocycles. The Morgan fingerprint density at radius 1 is 1.10 bits per heavy atom. The highest BCUT2D eigenvalue weighted by atomic mass is 15.1. The Balaban J connectivity index is 3.50. The third-order valence-electron chi connectivity index (χ3n) is 2.27. The maximum Gasteiger partial charge on any atom is 0.000346 e. The van der Waals surface area contributed by atoms with E-state index in [1.165, 1.54) is 13.0 Å². The zero-order chi connectivity index (χ0) is 8.15. The molecule has 0 aromatic heterocycles. The first-order valence-electron chi connectivity index (χ1n) is 4.22. The van der Waals surface area contributed by atoms with Gasteiger partial charge in [-0.15, -0.1) is 0 Å². The van der Waals surface area contributed by atoms with Crippen LogP contribution in [-0.4, -0.2) is 25.5 Å². The summed E-state index contributed by atoms with van der Waals surface area (Å²) in [6.07, 6.45) is 1.30. The first-order valence-corrected chi connectivity index (χ1v) is 4.22. The number of nitrogens with zero attached hydrogens (tertiary/aromatic N) is 1. The van der Waals surface area contributed by atoms with Crippen LogP contribution < -0.4 is 0 Å². The lowest BCUT2D eigenvalue weighted by molar-refractivity contribution is 0.270. The zero-order valence-corrected chi connectivity index (χ0v) is 8.02. The van der Waals surface area contributed by atoms with Crippen LogP contribution in [-0.2, 0) is 0 Å². The number of rotatable bonds is 4. The molecule has 0 bridgehead atoms. The van der Waals surface area contributed by atoms with Crippen LogP contribution in [0.3, 0.4) is 0 Å². The molecule has 1 heteroatoms. The smallest absolute Gasteiger partial charge is 0.000346 e. The predicted molar refractivity (Wildman–Crippen MR) is 47.2 cm³/mol. The van der Waals surface area contributed by atoms with E-state index in [1.807, 2.05) is 0 Å². The normalized spacial score (nSPS) is 17.4. The monoisotopic (exact) mass is 143 g/mol. The molecule has 0 aliphatic rings. The maximum absolute atomic E-state index is 2.33. The molecule has 0 aromatic rings. The Morgan fingerprint density at radius 3 is 1.90 bits per heavy atom. The van der Waals surface area contributed by atoms with Crippen molar-refractivity contribution < 1.29 is 0 Å². The molecule has 0 fully saturated rings. The van der Waals surface area contributed by atoms with E-state index in [2.05, 4.69) is 39.8 Å². The Labute approximate surface area is 65.4 Å². The van der Waals surface area contributed by atoms with E-state index in [1.54, 1.807) is 0 Å². The second-order valence-electron chi connectivity index (χ2n) is 3.63. The molecule has 0 aliphatic carbocycles. The molecule has 0 unspecified atom stereocenters. The van der Waals surface area contributed by atoms with Gasteiger partial charge in [0.15, 0.2) is 0 Å². The summed E-state index contributed by atoms with van der Waals surface area (Å²) >= 11 is 0. The van der Waals surface area contributed by atoms with Crippen molar-refractivity contribution in [2.75, 3.05) is 20.6 Å². The fourth-order valence-electron chi connectivity index (χ4n) is 1.16. The van der Waals surface area contributed by atoms with E-state index in [-0.39, 0.29) is 0 Å². The van der Waals surface area contributed by atoms with Crippen LogP contribution in [0.1, 0.15) is 27.2 Å². The fraction of sp³-hybridized carbons (Fsp3) is 1.00. The van der Waals surface area contributed by atoms with Crippen molar-refractivity contribution in [3.63, 3.8) is 0 Å². The highest BCUT2D eigenvalue weighted by molar-refractivity contribution is 4.62. The van der Waals surface area contributed by atoms with Gasteiger partial charge in [-0.3, -0.25) is 0 Å². The highest BCUT2D eigenvalue weighted by Crippen LogP contribution is 2.14. The molecule has 10 heavy (non-hydrogen) atoms. The number of hydrogen-bond acceptors (Lipinski definition) is 1. The molecular formula is C9H21N. The van der Waals surface area contributed by atoms with Gasteiger partial charge in [0, 0.05) is 6.54 Å². The van der Waals surface area contributed by atoms with Gasteiger partial charge in [-0.05, 0) is 25.9 Å². The Kier molecular flexibility index (Phi) is 4.71. The maximum atomic E-state index is 2.33. The Bertz CT molecular complexity index is 78.8. The molecule has 0 radical (unpaired) electrons. The van der Waals surface area contributed by atoms with E-state index in [0.29, 0.717) is 0 Å².